The third-order valence-electron chi connectivity index (χ3n) is 4.58. The van der Waals surface area contributed by atoms with Crippen LogP contribution in [0.5, 0.6) is 0 Å². The van der Waals surface area contributed by atoms with Crippen LogP contribution in [0.3, 0.4) is 0 Å². The van der Waals surface area contributed by atoms with Crippen molar-refractivity contribution in [2.75, 3.05) is 10.6 Å². The quantitative estimate of drug-likeness (QED) is 0.304. The molecule has 4 aromatic rings. The van der Waals surface area contributed by atoms with Crippen LogP contribution in [0.4, 0.5) is 11.4 Å². The number of hydrogen-bond donors (Lipinski definition) is 3. The number of carboxylic acids is 1. The van der Waals surface area contributed by atoms with Gasteiger partial charge in [0.15, 0.2) is 0 Å². The zero-order chi connectivity index (χ0) is 22.8. The van der Waals surface area contributed by atoms with Gasteiger partial charge in [0, 0.05) is 20.8 Å². The molecule has 3 aromatic carbocycles. The SMILES string of the molecule is O=C(O)c1ccc(C(=O)Nc2cccc(Cl)c2)c(NC(=O)c2sc3ccccc3c2Cl)c1. The van der Waals surface area contributed by atoms with Crippen LogP contribution in [0.25, 0.3) is 10.1 Å². The second-order valence-corrected chi connectivity index (χ2v) is 8.59. The largest absolute Gasteiger partial charge is 0.478 e. The molecule has 0 aliphatic rings. The standard InChI is InChI=1S/C23H14Cl2N2O4S/c24-13-4-3-5-14(11-13)26-21(28)15-9-8-12(23(30)31)10-17(15)27-22(29)20-19(25)16-6-1-2-7-18(16)32-20/h1-11H,(H,26,28)(H,27,29)(H,30,31). The van der Waals surface area contributed by atoms with E-state index in [1.165, 1.54) is 29.5 Å². The number of anilines is 2. The average molecular weight is 485 g/mol. The summed E-state index contributed by atoms with van der Waals surface area (Å²) < 4.78 is 0.834. The van der Waals surface area contributed by atoms with Crippen LogP contribution in [0.1, 0.15) is 30.4 Å². The van der Waals surface area contributed by atoms with Crippen LogP contribution < -0.4 is 10.6 Å². The summed E-state index contributed by atoms with van der Waals surface area (Å²) in [6, 6.07) is 17.7. The van der Waals surface area contributed by atoms with Crippen LogP contribution in [0, 0.1) is 0 Å². The van der Waals surface area contributed by atoms with Crippen LogP contribution in [0.2, 0.25) is 10.0 Å². The molecule has 2 amide bonds. The van der Waals surface area contributed by atoms with E-state index < -0.39 is 17.8 Å². The van der Waals surface area contributed by atoms with Crippen molar-refractivity contribution in [2.24, 2.45) is 0 Å². The minimum absolute atomic E-state index is 0.0444. The van der Waals surface area contributed by atoms with Crippen molar-refractivity contribution in [1.29, 1.82) is 0 Å². The first-order chi connectivity index (χ1) is 15.3. The Morgan fingerprint density at radius 2 is 1.62 bits per heavy atom. The van der Waals surface area contributed by atoms with Crippen LogP contribution in [-0.4, -0.2) is 22.9 Å². The van der Waals surface area contributed by atoms with Gasteiger partial charge in [-0.15, -0.1) is 11.3 Å². The molecule has 0 unspecified atom stereocenters. The molecule has 0 atom stereocenters. The Labute approximate surface area is 196 Å². The maximum absolute atomic E-state index is 13.0. The Hall–Kier alpha value is -3.39. The number of aromatic carboxylic acids is 1. The second kappa shape index (κ2) is 9.00. The van der Waals surface area contributed by atoms with Gasteiger partial charge in [-0.3, -0.25) is 9.59 Å². The zero-order valence-electron chi connectivity index (χ0n) is 16.2. The summed E-state index contributed by atoms with van der Waals surface area (Å²) in [7, 11) is 0. The van der Waals surface area contributed by atoms with Crippen molar-refractivity contribution >= 4 is 73.8 Å². The van der Waals surface area contributed by atoms with Crippen LogP contribution in [0.15, 0.2) is 66.7 Å². The predicted molar refractivity (Wildman–Crippen MR) is 128 cm³/mol. The Balaban J connectivity index is 1.68. The van der Waals surface area contributed by atoms with Gasteiger partial charge in [-0.1, -0.05) is 47.5 Å². The van der Waals surface area contributed by atoms with Crippen molar-refractivity contribution < 1.29 is 19.5 Å². The van der Waals surface area contributed by atoms with E-state index in [0.29, 0.717) is 15.7 Å². The number of fused-ring (bicyclic) bond motifs is 1. The molecule has 9 heteroatoms. The van der Waals surface area contributed by atoms with E-state index >= 15 is 0 Å². The molecule has 6 nitrogen and oxygen atoms in total. The lowest BCUT2D eigenvalue weighted by atomic mass is 10.1. The number of rotatable bonds is 5. The van der Waals surface area contributed by atoms with E-state index in [4.69, 9.17) is 23.2 Å². The fourth-order valence-electron chi connectivity index (χ4n) is 3.08. The summed E-state index contributed by atoms with van der Waals surface area (Å²) in [5, 5.41) is 16.1. The Bertz CT molecular complexity index is 1380. The Kier molecular flexibility index (Phi) is 6.14. The number of hydrogen-bond acceptors (Lipinski definition) is 4. The third-order valence-corrected chi connectivity index (χ3v) is 6.49. The molecule has 3 N–H and O–H groups in total. The van der Waals surface area contributed by atoms with Crippen LogP contribution in [-0.2, 0) is 0 Å². The summed E-state index contributed by atoms with van der Waals surface area (Å²) >= 11 is 13.6. The molecule has 0 spiro atoms. The molecule has 0 aliphatic carbocycles. The predicted octanol–water partition coefficient (Wildman–Crippen LogP) is 6.41. The number of carboxylic acid groups (broad SMARTS) is 1. The highest BCUT2D eigenvalue weighted by Crippen LogP contribution is 2.36. The normalized spacial score (nSPS) is 10.7. The van der Waals surface area contributed by atoms with Gasteiger partial charge < -0.3 is 15.7 Å². The molecule has 0 aliphatic heterocycles. The summed E-state index contributed by atoms with van der Waals surface area (Å²) in [5.41, 5.74) is 0.500. The maximum atomic E-state index is 13.0. The topological polar surface area (TPSA) is 95.5 Å². The molecular formula is C23H14Cl2N2O4S. The van der Waals surface area contributed by atoms with Gasteiger partial charge in [-0.2, -0.15) is 0 Å². The fraction of sp³-hybridized carbons (Fsp3) is 0. The van der Waals surface area contributed by atoms with Crippen molar-refractivity contribution in [1.82, 2.24) is 0 Å². The highest BCUT2D eigenvalue weighted by molar-refractivity contribution is 7.21. The molecule has 0 bridgehead atoms. The van der Waals surface area contributed by atoms with Gasteiger partial charge in [-0.25, -0.2) is 4.79 Å². The summed E-state index contributed by atoms with van der Waals surface area (Å²) in [4.78, 5) is 37.6. The lowest BCUT2D eigenvalue weighted by Crippen LogP contribution is -2.18. The van der Waals surface area contributed by atoms with E-state index in [9.17, 15) is 19.5 Å². The molecule has 160 valence electrons. The first-order valence-corrected chi connectivity index (χ1v) is 10.8. The number of carbonyl (C=O) groups is 3. The molecule has 1 aromatic heterocycles. The molecular weight excluding hydrogens is 471 g/mol. The Morgan fingerprint density at radius 3 is 2.34 bits per heavy atom. The van der Waals surface area contributed by atoms with Crippen molar-refractivity contribution in [3.8, 4) is 0 Å². The summed E-state index contributed by atoms with van der Waals surface area (Å²) in [6.07, 6.45) is 0. The highest BCUT2D eigenvalue weighted by Gasteiger charge is 2.21. The number of thiophene rings is 1. The molecule has 0 fully saturated rings. The number of halogens is 2. The first-order valence-electron chi connectivity index (χ1n) is 9.26. The minimum atomic E-state index is -1.19. The molecule has 1 heterocycles. The van der Waals surface area contributed by atoms with Gasteiger partial charge in [0.1, 0.15) is 4.88 Å². The van der Waals surface area contributed by atoms with E-state index in [-0.39, 0.29) is 21.7 Å². The summed E-state index contributed by atoms with van der Waals surface area (Å²) in [5.74, 6) is -2.28. The smallest absolute Gasteiger partial charge is 0.335 e. The van der Waals surface area contributed by atoms with Gasteiger partial charge in [0.25, 0.3) is 11.8 Å². The van der Waals surface area contributed by atoms with E-state index in [2.05, 4.69) is 10.6 Å². The lowest BCUT2D eigenvalue weighted by Gasteiger charge is -2.12. The monoisotopic (exact) mass is 484 g/mol. The van der Waals surface area contributed by atoms with Gasteiger partial charge in [-0.05, 0) is 42.5 Å². The third kappa shape index (κ3) is 4.45. The fourth-order valence-corrected chi connectivity index (χ4v) is 4.69. The molecule has 4 rings (SSSR count). The second-order valence-electron chi connectivity index (χ2n) is 6.73. The molecule has 32 heavy (non-hydrogen) atoms. The number of nitrogens with one attached hydrogen (secondary N) is 2. The maximum Gasteiger partial charge on any atom is 0.335 e. The number of benzene rings is 3. The van der Waals surface area contributed by atoms with E-state index in [1.807, 2.05) is 18.2 Å². The van der Waals surface area contributed by atoms with Crippen molar-refractivity contribution in [3.63, 3.8) is 0 Å². The Morgan fingerprint density at radius 1 is 0.844 bits per heavy atom. The summed E-state index contributed by atoms with van der Waals surface area (Å²) in [6.45, 7) is 0. The van der Waals surface area contributed by atoms with Gasteiger partial charge >= 0.3 is 5.97 Å². The number of amides is 2. The van der Waals surface area contributed by atoms with E-state index in [0.717, 1.165) is 10.1 Å². The molecule has 0 saturated carbocycles. The lowest BCUT2D eigenvalue weighted by molar-refractivity contribution is 0.0696. The van der Waals surface area contributed by atoms with Crippen LogP contribution >= 0.6 is 34.5 Å². The van der Waals surface area contributed by atoms with Gasteiger partial charge in [0.2, 0.25) is 0 Å². The van der Waals surface area contributed by atoms with E-state index in [1.54, 1.807) is 30.3 Å². The zero-order valence-corrected chi connectivity index (χ0v) is 18.5. The average Bonchev–Trinajstić information content (AvgIpc) is 3.10. The number of carbonyl (C=O) groups excluding carboxylic acids is 2. The molecule has 0 radical (unpaired) electrons. The minimum Gasteiger partial charge on any atom is -0.478 e. The first kappa shape index (κ1) is 21.8. The van der Waals surface area contributed by atoms with Crippen molar-refractivity contribution in [3.05, 3.63) is 92.8 Å². The highest BCUT2D eigenvalue weighted by atomic mass is 35.5. The molecule has 0 saturated heterocycles. The van der Waals surface area contributed by atoms with Crippen molar-refractivity contribution in [2.45, 2.75) is 0 Å². The van der Waals surface area contributed by atoms with Gasteiger partial charge in [0.05, 0.1) is 21.8 Å².